The van der Waals surface area contributed by atoms with Gasteiger partial charge in [0.15, 0.2) is 11.5 Å². The van der Waals surface area contributed by atoms with Crippen LogP contribution in [0.1, 0.15) is 13.8 Å². The van der Waals surface area contributed by atoms with E-state index in [2.05, 4.69) is 4.99 Å². The molecule has 80 valence electrons. The van der Waals surface area contributed by atoms with Crippen LogP contribution >= 0.6 is 0 Å². The summed E-state index contributed by atoms with van der Waals surface area (Å²) < 4.78 is 10.7. The van der Waals surface area contributed by atoms with Crippen molar-refractivity contribution in [2.75, 3.05) is 13.2 Å². The van der Waals surface area contributed by atoms with Crippen LogP contribution in [0.5, 0.6) is 11.5 Å². The van der Waals surface area contributed by atoms with Gasteiger partial charge in [-0.15, -0.1) is 0 Å². The second kappa shape index (κ2) is 5.83. The Kier molecular flexibility index (Phi) is 4.38. The van der Waals surface area contributed by atoms with Crippen molar-refractivity contribution in [3.05, 3.63) is 18.2 Å². The third-order valence-electron chi connectivity index (χ3n) is 1.71. The van der Waals surface area contributed by atoms with Crippen LogP contribution in [0.25, 0.3) is 0 Å². The van der Waals surface area contributed by atoms with E-state index in [1.54, 1.807) is 18.2 Å². The highest BCUT2D eigenvalue weighted by Crippen LogP contribution is 2.36. The first-order valence-electron chi connectivity index (χ1n) is 4.80. The van der Waals surface area contributed by atoms with E-state index in [1.165, 1.54) is 6.08 Å². The molecule has 15 heavy (non-hydrogen) atoms. The fourth-order valence-corrected chi connectivity index (χ4v) is 1.20. The van der Waals surface area contributed by atoms with E-state index in [4.69, 9.17) is 9.47 Å². The molecule has 0 fully saturated rings. The SMILES string of the molecule is CCOc1cccc(N=C=O)c1OCC. The van der Waals surface area contributed by atoms with E-state index in [1.807, 2.05) is 13.8 Å². The van der Waals surface area contributed by atoms with E-state index in [0.717, 1.165) is 0 Å². The van der Waals surface area contributed by atoms with Gasteiger partial charge in [-0.3, -0.25) is 0 Å². The van der Waals surface area contributed by atoms with Crippen LogP contribution in [-0.2, 0) is 4.79 Å². The molecule has 1 aromatic rings. The van der Waals surface area contributed by atoms with Gasteiger partial charge in [0.25, 0.3) is 0 Å². The minimum Gasteiger partial charge on any atom is -0.490 e. The number of hydrogen-bond acceptors (Lipinski definition) is 4. The number of para-hydroxylation sites is 1. The molecule has 0 saturated carbocycles. The lowest BCUT2D eigenvalue weighted by Crippen LogP contribution is -1.98. The van der Waals surface area contributed by atoms with Gasteiger partial charge in [-0.1, -0.05) is 6.07 Å². The van der Waals surface area contributed by atoms with Gasteiger partial charge in [0, 0.05) is 0 Å². The number of aliphatic imine (C=N–C) groups is 1. The number of ether oxygens (including phenoxy) is 2. The van der Waals surface area contributed by atoms with Crippen molar-refractivity contribution >= 4 is 11.8 Å². The molecular weight excluding hydrogens is 194 g/mol. The van der Waals surface area contributed by atoms with Crippen LogP contribution in [0, 0.1) is 0 Å². The summed E-state index contributed by atoms with van der Waals surface area (Å²) in [6.45, 7) is 4.77. The van der Waals surface area contributed by atoms with Gasteiger partial charge < -0.3 is 9.47 Å². The van der Waals surface area contributed by atoms with Crippen molar-refractivity contribution in [3.8, 4) is 11.5 Å². The minimum absolute atomic E-state index is 0.442. The highest BCUT2D eigenvalue weighted by Gasteiger charge is 2.09. The van der Waals surface area contributed by atoms with Crippen molar-refractivity contribution in [1.29, 1.82) is 0 Å². The van der Waals surface area contributed by atoms with E-state index in [-0.39, 0.29) is 0 Å². The molecule has 0 aliphatic rings. The Balaban J connectivity index is 3.14. The van der Waals surface area contributed by atoms with Crippen LogP contribution in [0.4, 0.5) is 5.69 Å². The molecule has 0 N–H and O–H groups in total. The quantitative estimate of drug-likeness (QED) is 0.550. The van der Waals surface area contributed by atoms with Crippen molar-refractivity contribution in [3.63, 3.8) is 0 Å². The smallest absolute Gasteiger partial charge is 0.240 e. The summed E-state index contributed by atoms with van der Waals surface area (Å²) >= 11 is 0. The molecule has 0 bridgehead atoms. The minimum atomic E-state index is 0.442. The molecule has 0 radical (unpaired) electrons. The maximum absolute atomic E-state index is 10.2. The number of nitrogens with zero attached hydrogens (tertiary/aromatic N) is 1. The zero-order chi connectivity index (χ0) is 11.1. The van der Waals surface area contributed by atoms with E-state index < -0.39 is 0 Å². The van der Waals surface area contributed by atoms with Crippen LogP contribution in [-0.4, -0.2) is 19.3 Å². The molecule has 0 amide bonds. The molecule has 0 unspecified atom stereocenters. The van der Waals surface area contributed by atoms with Gasteiger partial charge in [-0.2, -0.15) is 4.99 Å². The average molecular weight is 207 g/mol. The number of hydrogen-bond donors (Lipinski definition) is 0. The average Bonchev–Trinajstić information content (AvgIpc) is 2.23. The number of carbonyl (C=O) groups excluding carboxylic acids is 1. The van der Waals surface area contributed by atoms with Gasteiger partial charge in [0.05, 0.1) is 13.2 Å². The molecule has 4 heteroatoms. The Morgan fingerprint density at radius 1 is 1.27 bits per heavy atom. The summed E-state index contributed by atoms with van der Waals surface area (Å²) in [6, 6.07) is 5.21. The molecular formula is C11H13NO3. The topological polar surface area (TPSA) is 47.9 Å². The summed E-state index contributed by atoms with van der Waals surface area (Å²) in [4.78, 5) is 13.8. The molecule has 0 aliphatic heterocycles. The van der Waals surface area contributed by atoms with Crippen LogP contribution in [0.15, 0.2) is 23.2 Å². The Bertz CT molecular complexity index is 370. The molecule has 0 atom stereocenters. The van der Waals surface area contributed by atoms with Gasteiger partial charge in [-0.25, -0.2) is 4.79 Å². The standard InChI is InChI=1S/C11H13NO3/c1-3-14-10-7-5-6-9(12-8-13)11(10)15-4-2/h5-7H,3-4H2,1-2H3. The van der Waals surface area contributed by atoms with Crippen LogP contribution in [0.3, 0.4) is 0 Å². The first kappa shape index (κ1) is 11.3. The summed E-state index contributed by atoms with van der Waals surface area (Å²) in [5.74, 6) is 1.08. The van der Waals surface area contributed by atoms with E-state index in [0.29, 0.717) is 30.4 Å². The number of isocyanates is 1. The first-order valence-corrected chi connectivity index (χ1v) is 4.80. The Labute approximate surface area is 88.5 Å². The molecule has 0 saturated heterocycles. The maximum Gasteiger partial charge on any atom is 0.240 e. The molecule has 1 rings (SSSR count). The molecule has 0 aliphatic carbocycles. The van der Waals surface area contributed by atoms with Crippen LogP contribution in [0.2, 0.25) is 0 Å². The van der Waals surface area contributed by atoms with Crippen molar-refractivity contribution < 1.29 is 14.3 Å². The second-order valence-electron chi connectivity index (χ2n) is 2.67. The molecule has 0 aromatic heterocycles. The lowest BCUT2D eigenvalue weighted by Gasteiger charge is -2.11. The number of benzene rings is 1. The highest BCUT2D eigenvalue weighted by atomic mass is 16.5. The molecule has 4 nitrogen and oxygen atoms in total. The van der Waals surface area contributed by atoms with Crippen molar-refractivity contribution in [2.24, 2.45) is 4.99 Å². The van der Waals surface area contributed by atoms with E-state index in [9.17, 15) is 4.79 Å². The van der Waals surface area contributed by atoms with Crippen LogP contribution < -0.4 is 9.47 Å². The Hall–Kier alpha value is -1.80. The van der Waals surface area contributed by atoms with Crippen molar-refractivity contribution in [2.45, 2.75) is 13.8 Å². The van der Waals surface area contributed by atoms with Crippen molar-refractivity contribution in [1.82, 2.24) is 0 Å². The lowest BCUT2D eigenvalue weighted by molar-refractivity contribution is 0.288. The van der Waals surface area contributed by atoms with Gasteiger partial charge in [0.1, 0.15) is 5.69 Å². The largest absolute Gasteiger partial charge is 0.490 e. The summed E-state index contributed by atoms with van der Waals surface area (Å²) in [5.41, 5.74) is 0.442. The third-order valence-corrected chi connectivity index (χ3v) is 1.71. The van der Waals surface area contributed by atoms with Gasteiger partial charge >= 0.3 is 0 Å². The van der Waals surface area contributed by atoms with Gasteiger partial charge in [-0.05, 0) is 26.0 Å². The predicted molar refractivity (Wildman–Crippen MR) is 56.6 cm³/mol. The maximum atomic E-state index is 10.2. The molecule has 0 spiro atoms. The van der Waals surface area contributed by atoms with Gasteiger partial charge in [0.2, 0.25) is 6.08 Å². The Morgan fingerprint density at radius 2 is 2.00 bits per heavy atom. The fraction of sp³-hybridized carbons (Fsp3) is 0.364. The second-order valence-corrected chi connectivity index (χ2v) is 2.67. The summed E-state index contributed by atoms with van der Waals surface area (Å²) in [7, 11) is 0. The Morgan fingerprint density at radius 3 is 2.60 bits per heavy atom. The lowest BCUT2D eigenvalue weighted by atomic mass is 10.2. The monoisotopic (exact) mass is 207 g/mol. The summed E-state index contributed by atoms with van der Waals surface area (Å²) in [6.07, 6.45) is 1.49. The third kappa shape index (κ3) is 2.82. The number of rotatable bonds is 5. The fourth-order valence-electron chi connectivity index (χ4n) is 1.20. The zero-order valence-electron chi connectivity index (χ0n) is 8.82. The molecule has 0 heterocycles. The van der Waals surface area contributed by atoms with E-state index >= 15 is 0 Å². The highest BCUT2D eigenvalue weighted by molar-refractivity contribution is 5.63. The normalized spacial score (nSPS) is 9.20. The predicted octanol–water partition coefficient (Wildman–Crippen LogP) is 2.45. The zero-order valence-corrected chi connectivity index (χ0v) is 8.82. The first-order chi connectivity index (χ1) is 7.33. The summed E-state index contributed by atoms with van der Waals surface area (Å²) in [5, 5.41) is 0. The molecule has 1 aromatic carbocycles.